The highest BCUT2D eigenvalue weighted by Crippen LogP contribution is 2.14. The highest BCUT2D eigenvalue weighted by molar-refractivity contribution is 4.78. The van der Waals surface area contributed by atoms with Gasteiger partial charge in [0.15, 0.2) is 0 Å². The molecule has 86 valence electrons. The Kier molecular flexibility index (Phi) is 7.20. The first-order valence-corrected chi connectivity index (χ1v) is 6.12. The molecule has 0 aliphatic heterocycles. The quantitative estimate of drug-likeness (QED) is 0.610. The van der Waals surface area contributed by atoms with Gasteiger partial charge in [0, 0.05) is 0 Å². The van der Waals surface area contributed by atoms with Crippen LogP contribution < -0.4 is 5.73 Å². The van der Waals surface area contributed by atoms with E-state index in [0.29, 0.717) is 0 Å². The molecule has 2 nitrogen and oxygen atoms in total. The summed E-state index contributed by atoms with van der Waals surface area (Å²) in [6.45, 7) is 11.1. The predicted octanol–water partition coefficient (Wildman–Crippen LogP) is 2.97. The Hall–Kier alpha value is -0.0800. The van der Waals surface area contributed by atoms with Gasteiger partial charge >= 0.3 is 0 Å². The van der Waals surface area contributed by atoms with E-state index in [1.165, 1.54) is 25.7 Å². The van der Waals surface area contributed by atoms with E-state index in [9.17, 15) is 0 Å². The van der Waals surface area contributed by atoms with Gasteiger partial charge in [-0.3, -0.25) is 4.90 Å². The molecule has 0 spiro atoms. The van der Waals surface area contributed by atoms with Crippen molar-refractivity contribution in [3.63, 3.8) is 0 Å². The highest BCUT2D eigenvalue weighted by atomic mass is 15.3. The van der Waals surface area contributed by atoms with Crippen LogP contribution in [-0.2, 0) is 0 Å². The van der Waals surface area contributed by atoms with Crippen molar-refractivity contribution in [3.05, 3.63) is 0 Å². The SMILES string of the molecule is CCCCN(CCCC)C(C)(N)CC. The summed E-state index contributed by atoms with van der Waals surface area (Å²) in [6.07, 6.45) is 6.05. The summed E-state index contributed by atoms with van der Waals surface area (Å²) in [4.78, 5) is 2.44. The number of nitrogens with zero attached hydrogens (tertiary/aromatic N) is 1. The maximum absolute atomic E-state index is 6.27. The van der Waals surface area contributed by atoms with Crippen LogP contribution in [0.15, 0.2) is 0 Å². The Balaban J connectivity index is 4.08. The van der Waals surface area contributed by atoms with Crippen LogP contribution in [0.25, 0.3) is 0 Å². The van der Waals surface area contributed by atoms with Gasteiger partial charge in [-0.2, -0.15) is 0 Å². The summed E-state index contributed by atoms with van der Waals surface area (Å²) in [5, 5.41) is 0. The number of unbranched alkanes of at least 4 members (excludes halogenated alkanes) is 2. The summed E-state index contributed by atoms with van der Waals surface area (Å²) in [5.41, 5.74) is 6.16. The fourth-order valence-electron chi connectivity index (χ4n) is 1.54. The average Bonchev–Trinajstić information content (AvgIpc) is 2.17. The van der Waals surface area contributed by atoms with E-state index in [2.05, 4.69) is 32.6 Å². The van der Waals surface area contributed by atoms with E-state index < -0.39 is 0 Å². The topological polar surface area (TPSA) is 29.3 Å². The van der Waals surface area contributed by atoms with E-state index in [0.717, 1.165) is 19.5 Å². The molecule has 0 fully saturated rings. The van der Waals surface area contributed by atoms with Crippen LogP contribution in [0.3, 0.4) is 0 Å². The fraction of sp³-hybridized carbons (Fsp3) is 1.00. The van der Waals surface area contributed by atoms with Crippen molar-refractivity contribution in [1.29, 1.82) is 0 Å². The van der Waals surface area contributed by atoms with E-state index in [1.807, 2.05) is 0 Å². The zero-order chi connectivity index (χ0) is 11.0. The van der Waals surface area contributed by atoms with Crippen LogP contribution in [0.1, 0.15) is 59.8 Å². The molecule has 0 bridgehead atoms. The summed E-state index contributed by atoms with van der Waals surface area (Å²) in [5.74, 6) is 0. The maximum Gasteiger partial charge on any atom is 0.0655 e. The third kappa shape index (κ3) is 4.97. The minimum absolute atomic E-state index is 0.107. The van der Waals surface area contributed by atoms with Crippen molar-refractivity contribution in [2.24, 2.45) is 5.73 Å². The average molecular weight is 200 g/mol. The molecule has 0 aromatic heterocycles. The molecular formula is C12H28N2. The Bertz CT molecular complexity index is 124. The minimum Gasteiger partial charge on any atom is -0.313 e. The normalized spacial score (nSPS) is 15.9. The molecule has 1 atom stereocenters. The molecule has 14 heavy (non-hydrogen) atoms. The third-order valence-corrected chi connectivity index (χ3v) is 3.00. The number of hydrogen-bond donors (Lipinski definition) is 1. The van der Waals surface area contributed by atoms with Gasteiger partial charge in [-0.15, -0.1) is 0 Å². The molecule has 0 amide bonds. The molecule has 0 rings (SSSR count). The number of hydrogen-bond acceptors (Lipinski definition) is 2. The van der Waals surface area contributed by atoms with Crippen LogP contribution in [0.5, 0.6) is 0 Å². The highest BCUT2D eigenvalue weighted by Gasteiger charge is 2.23. The van der Waals surface area contributed by atoms with Crippen LogP contribution in [0, 0.1) is 0 Å². The molecule has 0 radical (unpaired) electrons. The second-order valence-electron chi connectivity index (χ2n) is 4.40. The Morgan fingerprint density at radius 3 is 1.71 bits per heavy atom. The van der Waals surface area contributed by atoms with Crippen LogP contribution >= 0.6 is 0 Å². The minimum atomic E-state index is -0.107. The molecule has 0 aliphatic rings. The maximum atomic E-state index is 6.27. The first-order chi connectivity index (χ1) is 6.58. The van der Waals surface area contributed by atoms with Crippen molar-refractivity contribution in [3.8, 4) is 0 Å². The molecule has 0 saturated heterocycles. The van der Waals surface area contributed by atoms with Gasteiger partial charge < -0.3 is 5.73 Å². The van der Waals surface area contributed by atoms with Gasteiger partial charge in [-0.05, 0) is 39.3 Å². The van der Waals surface area contributed by atoms with Crippen molar-refractivity contribution in [2.45, 2.75) is 65.5 Å². The van der Waals surface area contributed by atoms with Crippen molar-refractivity contribution in [2.75, 3.05) is 13.1 Å². The van der Waals surface area contributed by atoms with E-state index in [4.69, 9.17) is 5.73 Å². The van der Waals surface area contributed by atoms with E-state index in [1.54, 1.807) is 0 Å². The largest absolute Gasteiger partial charge is 0.313 e. The summed E-state index contributed by atoms with van der Waals surface area (Å²) >= 11 is 0. The van der Waals surface area contributed by atoms with Gasteiger partial charge in [0.25, 0.3) is 0 Å². The first-order valence-electron chi connectivity index (χ1n) is 6.12. The molecular weight excluding hydrogens is 172 g/mol. The second-order valence-corrected chi connectivity index (χ2v) is 4.40. The molecule has 0 saturated carbocycles. The summed E-state index contributed by atoms with van der Waals surface area (Å²) in [6, 6.07) is 0. The van der Waals surface area contributed by atoms with Crippen LogP contribution in [0.2, 0.25) is 0 Å². The summed E-state index contributed by atoms with van der Waals surface area (Å²) in [7, 11) is 0. The van der Waals surface area contributed by atoms with Gasteiger partial charge in [0.05, 0.1) is 5.66 Å². The molecule has 1 unspecified atom stereocenters. The monoisotopic (exact) mass is 200 g/mol. The third-order valence-electron chi connectivity index (χ3n) is 3.00. The number of nitrogens with two attached hydrogens (primary N) is 1. The van der Waals surface area contributed by atoms with Gasteiger partial charge in [-0.1, -0.05) is 33.6 Å². The lowest BCUT2D eigenvalue weighted by Gasteiger charge is -2.37. The van der Waals surface area contributed by atoms with Crippen molar-refractivity contribution in [1.82, 2.24) is 4.90 Å². The smallest absolute Gasteiger partial charge is 0.0655 e. The van der Waals surface area contributed by atoms with E-state index >= 15 is 0 Å². The molecule has 2 N–H and O–H groups in total. The molecule has 0 heterocycles. The molecule has 0 aliphatic carbocycles. The van der Waals surface area contributed by atoms with Gasteiger partial charge in [0.1, 0.15) is 0 Å². The number of rotatable bonds is 8. The Morgan fingerprint density at radius 2 is 1.43 bits per heavy atom. The van der Waals surface area contributed by atoms with Crippen LogP contribution in [0.4, 0.5) is 0 Å². The summed E-state index contributed by atoms with van der Waals surface area (Å²) < 4.78 is 0. The van der Waals surface area contributed by atoms with Gasteiger partial charge in [-0.25, -0.2) is 0 Å². The zero-order valence-electron chi connectivity index (χ0n) is 10.5. The lowest BCUT2D eigenvalue weighted by molar-refractivity contribution is 0.101. The van der Waals surface area contributed by atoms with Gasteiger partial charge in [0.2, 0.25) is 0 Å². The van der Waals surface area contributed by atoms with Crippen molar-refractivity contribution >= 4 is 0 Å². The lowest BCUT2D eigenvalue weighted by Crippen LogP contribution is -2.53. The second kappa shape index (κ2) is 7.24. The standard InChI is InChI=1S/C12H28N2/c1-5-8-10-14(11-9-6-2)12(4,13)7-3/h5-11,13H2,1-4H3. The van der Waals surface area contributed by atoms with Crippen LogP contribution in [-0.4, -0.2) is 23.7 Å². The molecule has 2 heteroatoms. The lowest BCUT2D eigenvalue weighted by atomic mass is 10.1. The van der Waals surface area contributed by atoms with E-state index in [-0.39, 0.29) is 5.66 Å². The first kappa shape index (κ1) is 13.9. The van der Waals surface area contributed by atoms with Crippen molar-refractivity contribution < 1.29 is 0 Å². The molecule has 0 aromatic rings. The zero-order valence-corrected chi connectivity index (χ0v) is 10.5. The predicted molar refractivity (Wildman–Crippen MR) is 64.3 cm³/mol. The molecule has 0 aromatic carbocycles. The fourth-order valence-corrected chi connectivity index (χ4v) is 1.54. The Morgan fingerprint density at radius 1 is 1.00 bits per heavy atom. The Labute approximate surface area is 89.9 Å².